The molecule has 1 aromatic carbocycles. The number of anilines is 1. The van der Waals surface area contributed by atoms with Crippen molar-refractivity contribution in [3.8, 4) is 0 Å². The number of thioether (sulfide) groups is 1. The Morgan fingerprint density at radius 3 is 2.59 bits per heavy atom. The van der Waals surface area contributed by atoms with Crippen LogP contribution >= 0.6 is 27.7 Å². The highest BCUT2D eigenvalue weighted by atomic mass is 79.9. The standard InChI is InChI=1S/C25H34BrN3O4S/c1-4-9-14(3)27-23(32)21-25-12-17(26)20(34-25)18(22(31)28-15-10-7-6-8-11-15)19(25)24(33)29(21)16(5-2)13-30/h6-8,10-11,14,16-21,30H,4-5,9,12-13H2,1-3H3,(H,27,32)(H,28,31)/t14?,16-,17?,18+,19-,20+,21?,25?/m0/s1. The molecule has 3 amide bonds. The fraction of sp³-hybridized carbons (Fsp3) is 0.640. The highest BCUT2D eigenvalue weighted by molar-refractivity contribution is 9.09. The van der Waals surface area contributed by atoms with Crippen molar-refractivity contribution in [3.63, 3.8) is 0 Å². The number of fused-ring (bicyclic) bond motifs is 1. The van der Waals surface area contributed by atoms with Crippen molar-refractivity contribution in [1.29, 1.82) is 0 Å². The van der Waals surface area contributed by atoms with Gasteiger partial charge in [-0.05, 0) is 38.3 Å². The minimum atomic E-state index is -0.717. The molecule has 4 rings (SSSR count). The Morgan fingerprint density at radius 1 is 1.26 bits per heavy atom. The number of nitrogens with zero attached hydrogens (tertiary/aromatic N) is 1. The van der Waals surface area contributed by atoms with Crippen LogP contribution in [-0.2, 0) is 14.4 Å². The summed E-state index contributed by atoms with van der Waals surface area (Å²) in [6.07, 6.45) is 2.95. The second-order valence-electron chi connectivity index (χ2n) is 9.71. The number of likely N-dealkylation sites (tertiary alicyclic amines) is 1. The van der Waals surface area contributed by atoms with Crippen LogP contribution in [0.4, 0.5) is 5.69 Å². The summed E-state index contributed by atoms with van der Waals surface area (Å²) < 4.78 is -0.701. The van der Waals surface area contributed by atoms with Crippen molar-refractivity contribution in [2.45, 2.75) is 79.4 Å². The maximum atomic E-state index is 14.0. The SMILES string of the molecule is CCCC(C)NC(=O)C1N([C@@H](CC)CO)C(=O)[C@@H]2[C@@H](C(=O)Nc3ccccc3)[C@@H]3SC12CC3Br. The third-order valence-corrected chi connectivity index (χ3v) is 10.7. The van der Waals surface area contributed by atoms with Crippen molar-refractivity contribution in [2.24, 2.45) is 11.8 Å². The maximum Gasteiger partial charge on any atom is 0.244 e. The Morgan fingerprint density at radius 2 is 1.97 bits per heavy atom. The summed E-state index contributed by atoms with van der Waals surface area (Å²) in [4.78, 5) is 42.8. The molecule has 3 N–H and O–H groups in total. The molecule has 7 nitrogen and oxygen atoms in total. The average Bonchev–Trinajstić information content (AvgIpc) is 3.39. The third-order valence-electron chi connectivity index (χ3n) is 7.51. The molecule has 1 spiro atoms. The van der Waals surface area contributed by atoms with Crippen LogP contribution in [-0.4, -0.2) is 67.3 Å². The van der Waals surface area contributed by atoms with Crippen LogP contribution in [0.15, 0.2) is 30.3 Å². The Balaban J connectivity index is 1.71. The van der Waals surface area contributed by atoms with Crippen molar-refractivity contribution < 1.29 is 19.5 Å². The Kier molecular flexibility index (Phi) is 7.64. The van der Waals surface area contributed by atoms with E-state index >= 15 is 0 Å². The van der Waals surface area contributed by atoms with E-state index in [0.717, 1.165) is 12.8 Å². The first-order chi connectivity index (χ1) is 16.3. The zero-order valence-corrected chi connectivity index (χ0v) is 22.3. The molecule has 0 saturated carbocycles. The van der Waals surface area contributed by atoms with Gasteiger partial charge in [-0.2, -0.15) is 0 Å². The van der Waals surface area contributed by atoms with Gasteiger partial charge in [0.1, 0.15) is 6.04 Å². The number of rotatable bonds is 9. The van der Waals surface area contributed by atoms with Crippen LogP contribution in [0.1, 0.15) is 46.5 Å². The van der Waals surface area contributed by atoms with E-state index in [1.807, 2.05) is 44.2 Å². The second-order valence-corrected chi connectivity index (χ2v) is 12.4. The molecule has 3 saturated heterocycles. The number of amides is 3. The number of hydrogen-bond donors (Lipinski definition) is 3. The fourth-order valence-electron chi connectivity index (χ4n) is 6.05. The number of aliphatic hydroxyl groups is 1. The molecular formula is C25H34BrN3O4S. The van der Waals surface area contributed by atoms with Gasteiger partial charge in [-0.25, -0.2) is 0 Å². The minimum Gasteiger partial charge on any atom is -0.394 e. The number of halogens is 1. The van der Waals surface area contributed by atoms with Gasteiger partial charge >= 0.3 is 0 Å². The lowest BCUT2D eigenvalue weighted by Gasteiger charge is -2.37. The van der Waals surface area contributed by atoms with E-state index in [2.05, 4.69) is 33.5 Å². The Hall–Kier alpha value is -1.58. The van der Waals surface area contributed by atoms with E-state index in [0.29, 0.717) is 18.5 Å². The summed E-state index contributed by atoms with van der Waals surface area (Å²) in [5.74, 6) is -1.71. The van der Waals surface area contributed by atoms with E-state index in [4.69, 9.17) is 0 Å². The molecule has 0 aromatic heterocycles. The Bertz CT molecular complexity index is 930. The summed E-state index contributed by atoms with van der Waals surface area (Å²) in [6.45, 7) is 5.74. The molecule has 3 fully saturated rings. The minimum absolute atomic E-state index is 0.0142. The number of para-hydroxylation sites is 1. The first-order valence-corrected chi connectivity index (χ1v) is 14.0. The molecule has 3 aliphatic rings. The Labute approximate surface area is 213 Å². The quantitative estimate of drug-likeness (QED) is 0.409. The van der Waals surface area contributed by atoms with Crippen LogP contribution in [0.5, 0.6) is 0 Å². The molecule has 2 bridgehead atoms. The molecule has 0 radical (unpaired) electrons. The number of carbonyl (C=O) groups is 3. The number of benzene rings is 1. The summed E-state index contributed by atoms with van der Waals surface area (Å²) >= 11 is 5.39. The van der Waals surface area contributed by atoms with Gasteiger partial charge < -0.3 is 20.6 Å². The van der Waals surface area contributed by atoms with Crippen LogP contribution in [0.25, 0.3) is 0 Å². The average molecular weight is 553 g/mol. The van der Waals surface area contributed by atoms with Crippen molar-refractivity contribution in [1.82, 2.24) is 10.2 Å². The van der Waals surface area contributed by atoms with Crippen molar-refractivity contribution in [3.05, 3.63) is 30.3 Å². The summed E-state index contributed by atoms with van der Waals surface area (Å²) in [5, 5.41) is 16.1. The van der Waals surface area contributed by atoms with Gasteiger partial charge in [-0.15, -0.1) is 11.8 Å². The highest BCUT2D eigenvalue weighted by Gasteiger charge is 2.76. The number of alkyl halides is 1. The summed E-state index contributed by atoms with van der Waals surface area (Å²) in [6, 6.07) is 8.05. The molecule has 8 atom stereocenters. The first-order valence-electron chi connectivity index (χ1n) is 12.2. The number of nitrogens with one attached hydrogen (secondary N) is 2. The third kappa shape index (κ3) is 4.17. The largest absolute Gasteiger partial charge is 0.394 e. The van der Waals surface area contributed by atoms with E-state index in [9.17, 15) is 19.5 Å². The predicted molar refractivity (Wildman–Crippen MR) is 138 cm³/mol. The van der Waals surface area contributed by atoms with Crippen LogP contribution in [0.3, 0.4) is 0 Å². The monoisotopic (exact) mass is 551 g/mol. The highest BCUT2D eigenvalue weighted by Crippen LogP contribution is 2.68. The van der Waals surface area contributed by atoms with Gasteiger partial charge in [0.2, 0.25) is 17.7 Å². The fourth-order valence-corrected chi connectivity index (χ4v) is 9.65. The van der Waals surface area contributed by atoms with Gasteiger partial charge in [0.05, 0.1) is 29.2 Å². The van der Waals surface area contributed by atoms with E-state index in [-0.39, 0.29) is 40.4 Å². The molecule has 0 aliphatic carbocycles. The topological polar surface area (TPSA) is 98.7 Å². The van der Waals surface area contributed by atoms with Crippen LogP contribution < -0.4 is 10.6 Å². The van der Waals surface area contributed by atoms with Gasteiger partial charge in [0.25, 0.3) is 0 Å². The summed E-state index contributed by atoms with van der Waals surface area (Å²) in [7, 11) is 0. The molecular weight excluding hydrogens is 518 g/mol. The number of carbonyl (C=O) groups excluding carboxylic acids is 3. The zero-order chi connectivity index (χ0) is 24.6. The smallest absolute Gasteiger partial charge is 0.244 e. The van der Waals surface area contributed by atoms with E-state index < -0.39 is 28.7 Å². The van der Waals surface area contributed by atoms with Gasteiger partial charge in [0, 0.05) is 21.8 Å². The van der Waals surface area contributed by atoms with E-state index in [1.165, 1.54) is 0 Å². The van der Waals surface area contributed by atoms with Gasteiger partial charge in [-0.1, -0.05) is 54.4 Å². The zero-order valence-electron chi connectivity index (χ0n) is 19.9. The van der Waals surface area contributed by atoms with Crippen molar-refractivity contribution >= 4 is 51.1 Å². The molecule has 3 heterocycles. The maximum absolute atomic E-state index is 14.0. The lowest BCUT2D eigenvalue weighted by molar-refractivity contribution is -0.142. The molecule has 9 heteroatoms. The molecule has 1 aromatic rings. The molecule has 3 aliphatic heterocycles. The van der Waals surface area contributed by atoms with Crippen molar-refractivity contribution in [2.75, 3.05) is 11.9 Å². The lowest BCUT2D eigenvalue weighted by Crippen LogP contribution is -2.58. The lowest BCUT2D eigenvalue weighted by atomic mass is 9.70. The first kappa shape index (κ1) is 25.5. The van der Waals surface area contributed by atoms with Gasteiger partial charge in [0.15, 0.2) is 0 Å². The van der Waals surface area contributed by atoms with Crippen LogP contribution in [0, 0.1) is 11.8 Å². The predicted octanol–water partition coefficient (Wildman–Crippen LogP) is 3.17. The molecule has 186 valence electrons. The molecule has 4 unspecified atom stereocenters. The summed E-state index contributed by atoms with van der Waals surface area (Å²) in [5.41, 5.74) is 0.687. The van der Waals surface area contributed by atoms with Crippen LogP contribution in [0.2, 0.25) is 0 Å². The normalized spacial score (nSPS) is 33.5. The van der Waals surface area contributed by atoms with Gasteiger partial charge in [-0.3, -0.25) is 14.4 Å². The van der Waals surface area contributed by atoms with E-state index in [1.54, 1.807) is 16.7 Å². The number of hydrogen-bond acceptors (Lipinski definition) is 5. The second kappa shape index (κ2) is 10.2. The molecule has 34 heavy (non-hydrogen) atoms. The number of aliphatic hydroxyl groups excluding tert-OH is 1.